The maximum atomic E-state index is 12.7. The third kappa shape index (κ3) is 4.18. The minimum atomic E-state index is -0.321. The predicted octanol–water partition coefficient (Wildman–Crippen LogP) is 3.85. The Balaban J connectivity index is 1.39. The van der Waals surface area contributed by atoms with Crippen LogP contribution in [0.25, 0.3) is 22.3 Å². The number of hydrogen-bond acceptors (Lipinski definition) is 7. The van der Waals surface area contributed by atoms with E-state index in [4.69, 9.17) is 18.6 Å². The van der Waals surface area contributed by atoms with Crippen molar-refractivity contribution in [2.75, 3.05) is 26.4 Å². The fraction of sp³-hybridized carbons (Fsp3) is 0.375. The molecule has 0 spiro atoms. The molecule has 0 unspecified atom stereocenters. The van der Waals surface area contributed by atoms with E-state index >= 15 is 0 Å². The van der Waals surface area contributed by atoms with Crippen LogP contribution in [0.1, 0.15) is 25.7 Å². The largest absolute Gasteiger partial charge is 0.507 e. The highest BCUT2D eigenvalue weighted by molar-refractivity contribution is 5.86. The molecule has 31 heavy (non-hydrogen) atoms. The van der Waals surface area contributed by atoms with Crippen molar-refractivity contribution in [3.05, 3.63) is 46.6 Å². The molecule has 0 saturated heterocycles. The smallest absolute Gasteiger partial charge is 0.197 e. The second-order valence-corrected chi connectivity index (χ2v) is 7.93. The van der Waals surface area contributed by atoms with E-state index in [0.717, 1.165) is 6.54 Å². The lowest BCUT2D eigenvalue weighted by molar-refractivity contribution is 0.171. The summed E-state index contributed by atoms with van der Waals surface area (Å²) in [5, 5.41) is 14.0. The standard InChI is InChI=1S/C24H25NO6/c26-18-12-17(28-8-7-25-16-3-1-2-4-16)13-23-24(18)19(27)14-21(31-23)15-5-6-20-22(11-15)30-10-9-29-20/h5-6,11-14,16,25-26H,1-4,7-10H2. The number of nitrogens with one attached hydrogen (secondary N) is 1. The molecule has 1 saturated carbocycles. The number of aromatic hydroxyl groups is 1. The van der Waals surface area contributed by atoms with Crippen molar-refractivity contribution in [2.45, 2.75) is 31.7 Å². The molecule has 2 heterocycles. The van der Waals surface area contributed by atoms with Crippen molar-refractivity contribution < 1.29 is 23.7 Å². The topological polar surface area (TPSA) is 90.2 Å². The second-order valence-electron chi connectivity index (χ2n) is 7.93. The van der Waals surface area contributed by atoms with Crippen molar-refractivity contribution in [1.82, 2.24) is 5.32 Å². The molecular formula is C24H25NO6. The van der Waals surface area contributed by atoms with E-state index in [2.05, 4.69) is 5.32 Å². The van der Waals surface area contributed by atoms with Crippen LogP contribution in [0.2, 0.25) is 0 Å². The molecule has 7 heteroatoms. The number of fused-ring (bicyclic) bond motifs is 2. The van der Waals surface area contributed by atoms with E-state index in [1.54, 1.807) is 18.2 Å². The average molecular weight is 423 g/mol. The zero-order valence-electron chi connectivity index (χ0n) is 17.2. The summed E-state index contributed by atoms with van der Waals surface area (Å²) in [5.74, 6) is 1.97. The summed E-state index contributed by atoms with van der Waals surface area (Å²) in [6, 6.07) is 10.4. The summed E-state index contributed by atoms with van der Waals surface area (Å²) in [7, 11) is 0. The Morgan fingerprint density at radius 2 is 1.84 bits per heavy atom. The first-order valence-corrected chi connectivity index (χ1v) is 10.7. The summed E-state index contributed by atoms with van der Waals surface area (Å²) in [6.07, 6.45) is 4.98. The Morgan fingerprint density at radius 1 is 1.03 bits per heavy atom. The fourth-order valence-electron chi connectivity index (χ4n) is 4.23. The lowest BCUT2D eigenvalue weighted by Gasteiger charge is -2.18. The van der Waals surface area contributed by atoms with Crippen LogP contribution in [0.4, 0.5) is 0 Å². The van der Waals surface area contributed by atoms with Crippen LogP contribution in [0.3, 0.4) is 0 Å². The predicted molar refractivity (Wildman–Crippen MR) is 116 cm³/mol. The molecule has 3 aromatic rings. The van der Waals surface area contributed by atoms with Gasteiger partial charge in [0.2, 0.25) is 0 Å². The van der Waals surface area contributed by atoms with Gasteiger partial charge >= 0.3 is 0 Å². The van der Waals surface area contributed by atoms with Crippen molar-refractivity contribution in [2.24, 2.45) is 0 Å². The summed E-state index contributed by atoms with van der Waals surface area (Å²) < 4.78 is 22.9. The first-order valence-electron chi connectivity index (χ1n) is 10.7. The Hall–Kier alpha value is -3.19. The van der Waals surface area contributed by atoms with Crippen molar-refractivity contribution in [3.8, 4) is 34.3 Å². The maximum absolute atomic E-state index is 12.7. The van der Waals surface area contributed by atoms with Crippen LogP contribution in [-0.2, 0) is 0 Å². The fourth-order valence-corrected chi connectivity index (χ4v) is 4.23. The van der Waals surface area contributed by atoms with Crippen LogP contribution >= 0.6 is 0 Å². The van der Waals surface area contributed by atoms with Gasteiger partial charge in [-0.25, -0.2) is 0 Å². The minimum absolute atomic E-state index is 0.137. The third-order valence-electron chi connectivity index (χ3n) is 5.77. The lowest BCUT2D eigenvalue weighted by Crippen LogP contribution is -2.30. The molecule has 2 aromatic carbocycles. The molecule has 7 nitrogen and oxygen atoms in total. The van der Waals surface area contributed by atoms with Gasteiger partial charge in [0.25, 0.3) is 0 Å². The zero-order valence-corrected chi connectivity index (χ0v) is 17.2. The van der Waals surface area contributed by atoms with Crippen molar-refractivity contribution >= 4 is 11.0 Å². The normalized spacial score (nSPS) is 16.0. The van der Waals surface area contributed by atoms with E-state index in [9.17, 15) is 9.90 Å². The van der Waals surface area contributed by atoms with Gasteiger partial charge in [-0.2, -0.15) is 0 Å². The Morgan fingerprint density at radius 3 is 2.68 bits per heavy atom. The van der Waals surface area contributed by atoms with Gasteiger partial charge in [0, 0.05) is 36.3 Å². The molecular weight excluding hydrogens is 398 g/mol. The van der Waals surface area contributed by atoms with Crippen molar-refractivity contribution in [3.63, 3.8) is 0 Å². The third-order valence-corrected chi connectivity index (χ3v) is 5.77. The highest BCUT2D eigenvalue weighted by atomic mass is 16.6. The summed E-state index contributed by atoms with van der Waals surface area (Å²) >= 11 is 0. The molecule has 1 aromatic heterocycles. The SMILES string of the molecule is O=c1cc(-c2ccc3c(c2)OCCO3)oc2cc(OCCNC3CCCC3)cc(O)c12. The molecule has 1 fully saturated rings. The molecule has 162 valence electrons. The molecule has 1 aliphatic heterocycles. The lowest BCUT2D eigenvalue weighted by atomic mass is 10.1. The quantitative estimate of drug-likeness (QED) is 0.582. The highest BCUT2D eigenvalue weighted by Gasteiger charge is 2.17. The van der Waals surface area contributed by atoms with E-state index in [0.29, 0.717) is 54.4 Å². The second kappa shape index (κ2) is 8.51. The van der Waals surface area contributed by atoms with Crippen LogP contribution < -0.4 is 25.0 Å². The zero-order chi connectivity index (χ0) is 21.2. The van der Waals surface area contributed by atoms with Gasteiger partial charge in [0.15, 0.2) is 16.9 Å². The van der Waals surface area contributed by atoms with Gasteiger partial charge in [-0.15, -0.1) is 0 Å². The van der Waals surface area contributed by atoms with Crippen LogP contribution in [0.5, 0.6) is 23.0 Å². The molecule has 0 bridgehead atoms. The van der Waals surface area contributed by atoms with E-state index in [-0.39, 0.29) is 22.1 Å². The maximum Gasteiger partial charge on any atom is 0.197 e. The average Bonchev–Trinajstić information content (AvgIpc) is 3.29. The highest BCUT2D eigenvalue weighted by Crippen LogP contribution is 2.36. The number of ether oxygens (including phenoxy) is 3. The van der Waals surface area contributed by atoms with Gasteiger partial charge in [0.05, 0.1) is 0 Å². The number of rotatable bonds is 6. The first kappa shape index (κ1) is 19.8. The molecule has 0 radical (unpaired) electrons. The summed E-state index contributed by atoms with van der Waals surface area (Å²) in [4.78, 5) is 12.7. The van der Waals surface area contributed by atoms with E-state index in [1.165, 1.54) is 37.8 Å². The molecule has 2 aliphatic rings. The number of phenols is 1. The van der Waals surface area contributed by atoms with E-state index < -0.39 is 0 Å². The number of benzene rings is 2. The molecule has 0 amide bonds. The van der Waals surface area contributed by atoms with Gasteiger partial charge in [-0.3, -0.25) is 4.79 Å². The first-order chi connectivity index (χ1) is 15.2. The number of hydrogen-bond donors (Lipinski definition) is 2. The monoisotopic (exact) mass is 423 g/mol. The minimum Gasteiger partial charge on any atom is -0.507 e. The Bertz CT molecular complexity index is 1150. The van der Waals surface area contributed by atoms with Crippen LogP contribution in [0, 0.1) is 0 Å². The summed E-state index contributed by atoms with van der Waals surface area (Å²) in [6.45, 7) is 2.18. The Kier molecular flexibility index (Phi) is 5.42. The molecule has 0 atom stereocenters. The van der Waals surface area contributed by atoms with Gasteiger partial charge in [-0.05, 0) is 31.0 Å². The molecule has 1 aliphatic carbocycles. The summed E-state index contributed by atoms with van der Waals surface area (Å²) in [5.41, 5.74) is 0.643. The van der Waals surface area contributed by atoms with Crippen LogP contribution in [0.15, 0.2) is 45.6 Å². The van der Waals surface area contributed by atoms with Crippen molar-refractivity contribution in [1.29, 1.82) is 0 Å². The van der Waals surface area contributed by atoms with Gasteiger partial charge in [0.1, 0.15) is 48.0 Å². The van der Waals surface area contributed by atoms with Gasteiger partial charge < -0.3 is 29.1 Å². The van der Waals surface area contributed by atoms with Gasteiger partial charge in [-0.1, -0.05) is 12.8 Å². The number of phenolic OH excluding ortho intramolecular Hbond substituents is 1. The molecule has 5 rings (SSSR count). The van der Waals surface area contributed by atoms with E-state index in [1.807, 2.05) is 6.07 Å². The van der Waals surface area contributed by atoms with Crippen LogP contribution in [-0.4, -0.2) is 37.5 Å². The molecule has 2 N–H and O–H groups in total. The Labute approximate surface area is 179 Å².